The van der Waals surface area contributed by atoms with Crippen LogP contribution in [-0.4, -0.2) is 289 Å². The molecule has 4 amide bonds. The van der Waals surface area contributed by atoms with Gasteiger partial charge in [0.05, 0.1) is 46.7 Å². The number of anilines is 7. The Kier molecular flexibility index (Phi) is 22.4. The molecule has 10 fully saturated rings. The first-order valence-electron chi connectivity index (χ1n) is 41.3. The summed E-state index contributed by atoms with van der Waals surface area (Å²) in [6.07, 6.45) is 24.8. The number of nitriles is 1. The van der Waals surface area contributed by atoms with E-state index in [9.17, 15) is 14.4 Å². The van der Waals surface area contributed by atoms with Crippen LogP contribution in [0.3, 0.4) is 0 Å². The average molecular weight is 1670 g/mol. The topological polar surface area (TPSA) is 408 Å². The Hall–Kier alpha value is -11.8. The van der Waals surface area contributed by atoms with Crippen molar-refractivity contribution in [3.05, 3.63) is 110 Å². The van der Waals surface area contributed by atoms with Crippen LogP contribution >= 0.6 is 23.1 Å². The van der Waals surface area contributed by atoms with Crippen LogP contribution in [0.15, 0.2) is 105 Å². The minimum Gasteiger partial charge on any atom is -0.466 e. The van der Waals surface area contributed by atoms with Crippen LogP contribution in [0.5, 0.6) is 6.01 Å². The highest BCUT2D eigenvalue weighted by atomic mass is 35.5. The fourth-order valence-electron chi connectivity index (χ4n) is 20.7. The summed E-state index contributed by atoms with van der Waals surface area (Å²) >= 11 is 7.02. The maximum absolute atomic E-state index is 12.6. The summed E-state index contributed by atoms with van der Waals surface area (Å²) in [5.74, 6) is 14.5. The normalized spacial score (nSPS) is 25.6. The Bertz CT molecular complexity index is 5640. The van der Waals surface area contributed by atoms with Crippen LogP contribution in [0.25, 0.3) is 55.2 Å². The van der Waals surface area contributed by atoms with Gasteiger partial charge in [-0.05, 0) is 157 Å². The largest absolute Gasteiger partial charge is 0.466 e. The number of carbonyl (C=O) groups excluding carboxylic acids is 3. The molecule has 10 aliphatic rings. The Morgan fingerprint density at radius 2 is 0.942 bits per heavy atom. The van der Waals surface area contributed by atoms with Gasteiger partial charge in [-0.3, -0.25) is 19.8 Å². The number of hydrogen-bond donors (Lipinski definition) is 7. The van der Waals surface area contributed by atoms with Gasteiger partial charge in [0.15, 0.2) is 0 Å². The lowest BCUT2D eigenvalue weighted by atomic mass is 9.89. The summed E-state index contributed by atoms with van der Waals surface area (Å²) < 4.78 is 8.97. The minimum absolute atomic E-state index is 0.118. The van der Waals surface area contributed by atoms with E-state index in [2.05, 4.69) is 175 Å². The van der Waals surface area contributed by atoms with Gasteiger partial charge < -0.3 is 78.9 Å². The molecular formula is C82H100ClN31O5S. The lowest BCUT2D eigenvalue weighted by molar-refractivity contribution is -0.133. The van der Waals surface area contributed by atoms with Gasteiger partial charge in [0.2, 0.25) is 22.2 Å². The summed E-state index contributed by atoms with van der Waals surface area (Å²) in [6.45, 7) is 14.1. The molecule has 0 radical (unpaired) electrons. The van der Waals surface area contributed by atoms with Crippen molar-refractivity contribution in [1.82, 2.24) is 114 Å². The van der Waals surface area contributed by atoms with E-state index >= 15 is 0 Å². The van der Waals surface area contributed by atoms with Gasteiger partial charge in [0, 0.05) is 188 Å². The van der Waals surface area contributed by atoms with Crippen molar-refractivity contribution in [3.63, 3.8) is 0 Å². The summed E-state index contributed by atoms with van der Waals surface area (Å²) in [4.78, 5) is 129. The number of carbonyl (C=O) groups is 3. The molecule has 120 heavy (non-hydrogen) atoms. The van der Waals surface area contributed by atoms with Crippen molar-refractivity contribution >= 4 is 136 Å². The van der Waals surface area contributed by atoms with Crippen molar-refractivity contribution in [2.75, 3.05) is 175 Å². The monoisotopic (exact) mass is 1670 g/mol. The molecule has 12 aromatic heterocycles. The Labute approximate surface area is 701 Å². The molecule has 15 atom stereocenters. The molecule has 5 saturated heterocycles. The van der Waals surface area contributed by atoms with Crippen LogP contribution in [0, 0.1) is 88.3 Å². The second-order valence-electron chi connectivity index (χ2n) is 33.9. The van der Waals surface area contributed by atoms with Crippen molar-refractivity contribution in [2.45, 2.75) is 51.1 Å². The predicted molar refractivity (Wildman–Crippen MR) is 456 cm³/mol. The number of H-pyrrole nitrogens is 5. The fraction of sp³-hybridized carbons (Fsp3) is 0.512. The molecule has 7 N–H and O–H groups in total. The molecule has 5 saturated carbocycles. The van der Waals surface area contributed by atoms with Crippen molar-refractivity contribution in [2.24, 2.45) is 76.9 Å². The standard InChI is InChI=1S/C18H22N8O2S.C17H18ClN7.C17H23N5O.C15H18N6.C15H19N5O2/c1-25(15-13-3-4-19-14(13)20-9-21-15)12-5-10-7-26(8-11(10)6-12)18(27)23-17-22-16(28-2)24-29-17;1-24(16-10-2-4-19-15(10)21-9-22-16)6-11-12-7-25(8-13(11)12)14-3-5-20-17(18)23-14;1-11(23)22-6-4-12-7-14(8-13(12)9-22)21(2)17-15-3-5-18-16(15)19-10-20-17;1-20(15-10-2-4-17-14(10)18-9-19-15)6-11-12-7-21(5-3-16)8-13(11)12;1-19(15-9-2-3-16-14(9)17-8-18-15)4-10-11-5-20(6-12(10)11)13(22)7-21/h3-4,9-12H,5-8H2,1-2H3,(H,19,20,21)(H,22,23,24,27);2-5,9,11-13H,6-8H2,1H3,(H,19,21,22);3,5,10,12-14H,4,6-9H2,1-2H3,(H,18,19,20);2,4,9,11-13H,5-8H2,1H3,(H,17,18,19);2-3,8,10-12,21H,4-7H2,1H3,(H,16,17,18)/t10-,11+,12?;11?,12-,13+;12-,13-,14?;11?,12-,13+;10?,11-,12+/m..0../s1. The van der Waals surface area contributed by atoms with Gasteiger partial charge in [-0.25, -0.2) is 64.6 Å². The van der Waals surface area contributed by atoms with Gasteiger partial charge >= 0.3 is 12.0 Å². The van der Waals surface area contributed by atoms with Crippen LogP contribution in [-0.2, 0) is 9.59 Å². The highest BCUT2D eigenvalue weighted by molar-refractivity contribution is 7.10. The van der Waals surface area contributed by atoms with Crippen molar-refractivity contribution in [1.29, 1.82) is 5.26 Å². The van der Waals surface area contributed by atoms with E-state index in [4.69, 9.17) is 26.7 Å². The van der Waals surface area contributed by atoms with E-state index in [1.54, 1.807) is 49.7 Å². The quantitative estimate of drug-likeness (QED) is 0.0320. The number of halogens is 1. The molecule has 0 spiro atoms. The zero-order valence-corrected chi connectivity index (χ0v) is 69.7. The molecule has 12 aromatic rings. The first-order valence-corrected chi connectivity index (χ1v) is 42.5. The maximum Gasteiger partial charge on any atom is 0.329 e. The molecule has 0 bridgehead atoms. The van der Waals surface area contributed by atoms with E-state index in [0.29, 0.717) is 70.5 Å². The Morgan fingerprint density at radius 1 is 0.533 bits per heavy atom. The highest BCUT2D eigenvalue weighted by Crippen LogP contribution is 2.55. The minimum atomic E-state index is -0.379. The highest BCUT2D eigenvalue weighted by Gasteiger charge is 2.58. The number of aromatic nitrogens is 19. The number of nitrogens with one attached hydrogen (secondary N) is 6. The lowest BCUT2D eigenvalue weighted by Gasteiger charge is -2.34. The molecule has 22 rings (SSSR count). The van der Waals surface area contributed by atoms with Crippen LogP contribution in [0.4, 0.5) is 44.8 Å². The number of aromatic amines is 5. The number of methoxy groups -OCH3 is 1. The first kappa shape index (κ1) is 79.4. The maximum atomic E-state index is 12.6. The Balaban J connectivity index is 0.000000103. The van der Waals surface area contributed by atoms with Crippen LogP contribution < -0.4 is 39.5 Å². The number of hydrogen-bond acceptors (Lipinski definition) is 28. The second kappa shape index (κ2) is 33.8. The molecule has 38 heteroatoms. The molecule has 626 valence electrons. The number of rotatable bonds is 18. The molecule has 36 nitrogen and oxygen atoms in total. The number of aliphatic hydroxyl groups is 1. The van der Waals surface area contributed by atoms with E-state index in [-0.39, 0.29) is 30.5 Å². The first-order chi connectivity index (χ1) is 58.4. The molecule has 0 aromatic carbocycles. The van der Waals surface area contributed by atoms with Crippen molar-refractivity contribution in [3.8, 4) is 12.1 Å². The van der Waals surface area contributed by atoms with Crippen LogP contribution in [0.1, 0.15) is 39.0 Å². The third-order valence-corrected chi connectivity index (χ3v) is 28.0. The lowest BCUT2D eigenvalue weighted by Crippen LogP contribution is -2.41. The number of likely N-dealkylation sites (tertiary alicyclic amines) is 4. The zero-order chi connectivity index (χ0) is 82.6. The second-order valence-corrected chi connectivity index (χ2v) is 35.0. The third kappa shape index (κ3) is 16.2. The number of aliphatic hydroxyl groups excluding tert-OH is 1. The molecule has 17 heterocycles. The number of amides is 4. The van der Waals surface area contributed by atoms with Gasteiger partial charge in [0.25, 0.3) is 0 Å². The van der Waals surface area contributed by atoms with Gasteiger partial charge in [-0.1, -0.05) is 0 Å². The van der Waals surface area contributed by atoms with Gasteiger partial charge in [-0.15, -0.1) is 4.37 Å². The van der Waals surface area contributed by atoms with E-state index in [1.165, 1.54) is 13.5 Å². The summed E-state index contributed by atoms with van der Waals surface area (Å²) in [6, 6.07) is 15.4. The summed E-state index contributed by atoms with van der Waals surface area (Å²) in [5.41, 5.74) is 4.38. The number of ether oxygens (including phenoxy) is 1. The van der Waals surface area contributed by atoms with E-state index in [0.717, 1.165) is 248 Å². The molecular weight excluding hydrogens is 1570 g/mol. The van der Waals surface area contributed by atoms with Crippen LogP contribution in [0.2, 0.25) is 5.28 Å². The smallest absolute Gasteiger partial charge is 0.329 e. The fourth-order valence-corrected chi connectivity index (χ4v) is 21.4. The Morgan fingerprint density at radius 3 is 1.36 bits per heavy atom. The van der Waals surface area contributed by atoms with Crippen molar-refractivity contribution < 1.29 is 24.2 Å². The zero-order valence-electron chi connectivity index (χ0n) is 68.2. The van der Waals surface area contributed by atoms with E-state index in [1.807, 2.05) is 77.2 Å². The van der Waals surface area contributed by atoms with Gasteiger partial charge in [-0.2, -0.15) is 10.2 Å². The number of nitrogens with zero attached hydrogens (tertiary/aromatic N) is 25. The third-order valence-electron chi connectivity index (χ3n) is 27.2. The number of urea groups is 1. The SMILES string of the molecule is CC(=O)N1CC[C@H]2CC(N(C)c3ncnc4[nH]ccc34)C[C@H]2C1.CN(CC1[C@H]2CN(C(=O)CO)C[C@@H]12)c1ncnc2[nH]ccc12.CN(CC1[C@H]2CN(CC#N)C[C@@H]12)c1ncnc2[nH]ccc12.CN(CC1[C@H]2CN(c3ccnc(Cl)n3)C[C@@H]12)c1ncnc2[nH]ccc12.COc1nsc(NC(=O)N2C[C@H]3CC(N(C)c4ncnc5[nH]ccc45)C[C@H]3C2)n1. The van der Waals surface area contributed by atoms with E-state index < -0.39 is 0 Å². The molecule has 5 aliphatic heterocycles. The molecule has 5 aliphatic carbocycles. The number of piperidine rings is 4. The van der Waals surface area contributed by atoms with Gasteiger partial charge in [0.1, 0.15) is 101 Å². The summed E-state index contributed by atoms with van der Waals surface area (Å²) in [7, 11) is 12.0. The molecule has 5 unspecified atom stereocenters. The summed E-state index contributed by atoms with van der Waals surface area (Å²) in [5, 5.41) is 26.6. The predicted octanol–water partition coefficient (Wildman–Crippen LogP) is 7.64. The average Bonchev–Trinajstić information content (AvgIpc) is 1.59. The number of fused-ring (bicyclic) bond motifs is 10.